The third-order valence-electron chi connectivity index (χ3n) is 3.54. The second-order valence-corrected chi connectivity index (χ2v) is 6.45. The monoisotopic (exact) mass is 258 g/mol. The predicted molar refractivity (Wildman–Crippen MR) is 63.7 cm³/mol. The van der Waals surface area contributed by atoms with Crippen molar-refractivity contribution in [3.63, 3.8) is 0 Å². The molecule has 1 aliphatic carbocycles. The molecule has 1 heterocycles. The van der Waals surface area contributed by atoms with Gasteiger partial charge in [0.25, 0.3) is 0 Å². The lowest BCUT2D eigenvalue weighted by Crippen LogP contribution is -2.41. The van der Waals surface area contributed by atoms with E-state index in [9.17, 15) is 8.42 Å². The summed E-state index contributed by atoms with van der Waals surface area (Å²) in [6, 6.07) is 0.0138. The molecule has 0 radical (unpaired) electrons. The van der Waals surface area contributed by atoms with E-state index in [1.165, 1.54) is 16.7 Å². The number of aromatic amines is 1. The van der Waals surface area contributed by atoms with Gasteiger partial charge < -0.3 is 5.73 Å². The number of hydrogen-bond acceptors (Lipinski definition) is 4. The minimum Gasteiger partial charge on any atom is -0.330 e. The number of nitrogens with zero attached hydrogens (tertiary/aromatic N) is 2. The molecule has 1 saturated carbocycles. The summed E-state index contributed by atoms with van der Waals surface area (Å²) in [6.45, 7) is 0.538. The van der Waals surface area contributed by atoms with Crippen LogP contribution in [0, 0.1) is 5.92 Å². The first-order valence-corrected chi connectivity index (χ1v) is 7.18. The van der Waals surface area contributed by atoms with E-state index in [0.717, 1.165) is 19.3 Å². The molecule has 0 amide bonds. The van der Waals surface area contributed by atoms with E-state index in [-0.39, 0.29) is 16.9 Å². The van der Waals surface area contributed by atoms with Crippen LogP contribution in [-0.4, -0.2) is 42.6 Å². The van der Waals surface area contributed by atoms with E-state index in [4.69, 9.17) is 5.73 Å². The maximum absolute atomic E-state index is 12.3. The van der Waals surface area contributed by atoms with Crippen LogP contribution in [0.25, 0.3) is 0 Å². The first-order valence-electron chi connectivity index (χ1n) is 5.74. The molecule has 6 nitrogen and oxygen atoms in total. The molecule has 0 spiro atoms. The fraction of sp³-hybridized carbons (Fsp3) is 0.700. The number of nitrogens with one attached hydrogen (secondary N) is 1. The van der Waals surface area contributed by atoms with Crippen molar-refractivity contribution in [2.24, 2.45) is 11.7 Å². The molecule has 0 aromatic carbocycles. The summed E-state index contributed by atoms with van der Waals surface area (Å²) in [4.78, 5) is 0.211. The highest BCUT2D eigenvalue weighted by molar-refractivity contribution is 7.89. The van der Waals surface area contributed by atoms with Crippen molar-refractivity contribution in [2.45, 2.75) is 30.2 Å². The van der Waals surface area contributed by atoms with E-state index in [1.54, 1.807) is 7.05 Å². The molecule has 2 atom stereocenters. The zero-order valence-corrected chi connectivity index (χ0v) is 10.7. The highest BCUT2D eigenvalue weighted by Crippen LogP contribution is 2.31. The molecule has 1 aliphatic rings. The Balaban J connectivity index is 2.22. The van der Waals surface area contributed by atoms with Crippen molar-refractivity contribution in [2.75, 3.05) is 13.6 Å². The molecular formula is C10H18N4O2S. The Kier molecular flexibility index (Phi) is 3.50. The summed E-state index contributed by atoms with van der Waals surface area (Å²) < 4.78 is 26.0. The van der Waals surface area contributed by atoms with Crippen LogP contribution in [0.1, 0.15) is 19.3 Å². The second-order valence-electron chi connectivity index (χ2n) is 4.45. The van der Waals surface area contributed by atoms with E-state index >= 15 is 0 Å². The summed E-state index contributed by atoms with van der Waals surface area (Å²) >= 11 is 0. The maximum Gasteiger partial charge on any atom is 0.246 e. The molecule has 3 N–H and O–H groups in total. The highest BCUT2D eigenvalue weighted by atomic mass is 32.2. The van der Waals surface area contributed by atoms with Gasteiger partial charge in [-0.1, -0.05) is 6.42 Å². The van der Waals surface area contributed by atoms with Gasteiger partial charge in [0, 0.05) is 19.3 Å². The molecular weight excluding hydrogens is 240 g/mol. The lowest BCUT2D eigenvalue weighted by molar-refractivity contribution is 0.304. The molecule has 1 aromatic rings. The number of hydrogen-bond donors (Lipinski definition) is 2. The topological polar surface area (TPSA) is 92.1 Å². The summed E-state index contributed by atoms with van der Waals surface area (Å²) in [5.74, 6) is 0.265. The first kappa shape index (κ1) is 12.5. The van der Waals surface area contributed by atoms with Gasteiger partial charge >= 0.3 is 0 Å². The molecule has 7 heteroatoms. The predicted octanol–water partition coefficient (Wildman–Crippen LogP) is 0.158. The standard InChI is InChI=1S/C10H18N4O2S/c1-14(10-4-2-3-8(10)5-11)17(15,16)9-6-12-13-7-9/h6-8,10H,2-5,11H2,1H3,(H,12,13). The molecule has 1 aromatic heterocycles. The van der Waals surface area contributed by atoms with Crippen molar-refractivity contribution in [1.29, 1.82) is 0 Å². The van der Waals surface area contributed by atoms with Crippen LogP contribution in [0.3, 0.4) is 0 Å². The third-order valence-corrected chi connectivity index (χ3v) is 5.39. The Morgan fingerprint density at radius 3 is 2.94 bits per heavy atom. The number of rotatable bonds is 4. The van der Waals surface area contributed by atoms with Crippen LogP contribution in [0.15, 0.2) is 17.3 Å². The van der Waals surface area contributed by atoms with Crippen LogP contribution < -0.4 is 5.73 Å². The van der Waals surface area contributed by atoms with Crippen LogP contribution in [0.2, 0.25) is 0 Å². The molecule has 96 valence electrons. The summed E-state index contributed by atoms with van der Waals surface area (Å²) in [5.41, 5.74) is 5.68. The molecule has 0 saturated heterocycles. The number of H-pyrrole nitrogens is 1. The zero-order valence-electron chi connectivity index (χ0n) is 9.83. The summed E-state index contributed by atoms with van der Waals surface area (Å²) in [5, 5.41) is 6.21. The SMILES string of the molecule is CN(C1CCCC1CN)S(=O)(=O)c1cn[nH]c1. The van der Waals surface area contributed by atoms with Crippen molar-refractivity contribution >= 4 is 10.0 Å². The molecule has 2 unspecified atom stereocenters. The fourth-order valence-corrected chi connectivity index (χ4v) is 3.85. The Hall–Kier alpha value is -0.920. The molecule has 17 heavy (non-hydrogen) atoms. The van der Waals surface area contributed by atoms with Gasteiger partial charge in [0.2, 0.25) is 10.0 Å². The quantitative estimate of drug-likeness (QED) is 0.804. The van der Waals surface area contributed by atoms with Gasteiger partial charge in [0.1, 0.15) is 4.90 Å². The second kappa shape index (κ2) is 4.75. The van der Waals surface area contributed by atoms with E-state index in [0.29, 0.717) is 6.54 Å². The Labute approximate surface area is 101 Å². The molecule has 2 rings (SSSR count). The van der Waals surface area contributed by atoms with Crippen molar-refractivity contribution < 1.29 is 8.42 Å². The van der Waals surface area contributed by atoms with Gasteiger partial charge in [-0.05, 0) is 25.3 Å². The highest BCUT2D eigenvalue weighted by Gasteiger charge is 2.36. The fourth-order valence-electron chi connectivity index (χ4n) is 2.50. The Bertz CT molecular complexity index is 457. The lowest BCUT2D eigenvalue weighted by Gasteiger charge is -2.27. The smallest absolute Gasteiger partial charge is 0.246 e. The van der Waals surface area contributed by atoms with E-state index in [2.05, 4.69) is 10.2 Å². The van der Waals surface area contributed by atoms with E-state index < -0.39 is 10.0 Å². The van der Waals surface area contributed by atoms with Gasteiger partial charge in [0.15, 0.2) is 0 Å². The average molecular weight is 258 g/mol. The largest absolute Gasteiger partial charge is 0.330 e. The van der Waals surface area contributed by atoms with Gasteiger partial charge in [-0.15, -0.1) is 0 Å². The number of aromatic nitrogens is 2. The van der Waals surface area contributed by atoms with Crippen molar-refractivity contribution in [1.82, 2.24) is 14.5 Å². The average Bonchev–Trinajstić information content (AvgIpc) is 2.98. The Morgan fingerprint density at radius 2 is 2.35 bits per heavy atom. The number of sulfonamides is 1. The minimum atomic E-state index is -3.44. The van der Waals surface area contributed by atoms with Gasteiger partial charge in [-0.25, -0.2) is 8.42 Å². The third kappa shape index (κ3) is 2.22. The molecule has 0 bridgehead atoms. The van der Waals surface area contributed by atoms with Crippen molar-refractivity contribution in [3.05, 3.63) is 12.4 Å². The van der Waals surface area contributed by atoms with Crippen LogP contribution in [-0.2, 0) is 10.0 Å². The van der Waals surface area contributed by atoms with Gasteiger partial charge in [-0.3, -0.25) is 5.10 Å². The lowest BCUT2D eigenvalue weighted by atomic mass is 10.0. The summed E-state index contributed by atoms with van der Waals surface area (Å²) in [7, 11) is -1.81. The van der Waals surface area contributed by atoms with Crippen LogP contribution in [0.4, 0.5) is 0 Å². The zero-order chi connectivity index (χ0) is 12.5. The Morgan fingerprint density at radius 1 is 1.59 bits per heavy atom. The van der Waals surface area contributed by atoms with Crippen LogP contribution >= 0.6 is 0 Å². The van der Waals surface area contributed by atoms with Gasteiger partial charge in [-0.2, -0.15) is 9.40 Å². The van der Waals surface area contributed by atoms with Gasteiger partial charge in [0.05, 0.1) is 6.20 Å². The first-order chi connectivity index (χ1) is 8.07. The number of nitrogens with two attached hydrogens (primary N) is 1. The summed E-state index contributed by atoms with van der Waals surface area (Å²) in [6.07, 6.45) is 5.66. The van der Waals surface area contributed by atoms with E-state index in [1.807, 2.05) is 0 Å². The van der Waals surface area contributed by atoms with Crippen molar-refractivity contribution in [3.8, 4) is 0 Å². The maximum atomic E-state index is 12.3. The minimum absolute atomic E-state index is 0.0138. The molecule has 1 fully saturated rings. The normalized spacial score (nSPS) is 25.6. The molecule has 0 aliphatic heterocycles. The van der Waals surface area contributed by atoms with Crippen LogP contribution in [0.5, 0.6) is 0 Å².